The van der Waals surface area contributed by atoms with Crippen LogP contribution in [0.2, 0.25) is 0 Å². The molecule has 0 spiro atoms. The van der Waals surface area contributed by atoms with Gasteiger partial charge in [0, 0.05) is 12.8 Å². The second-order valence-electron chi connectivity index (χ2n) is 5.43. The summed E-state index contributed by atoms with van der Waals surface area (Å²) in [6.07, 6.45) is 7.06. The Kier molecular flexibility index (Phi) is 4.30. The Bertz CT molecular complexity index is 524. The molecule has 19 heavy (non-hydrogen) atoms. The number of aliphatic hydroxyl groups excluding tert-OH is 1. The summed E-state index contributed by atoms with van der Waals surface area (Å²) in [6.45, 7) is 2.76. The zero-order valence-electron chi connectivity index (χ0n) is 11.5. The van der Waals surface area contributed by atoms with Crippen molar-refractivity contribution in [1.82, 2.24) is 9.55 Å². The van der Waals surface area contributed by atoms with Gasteiger partial charge in [0.05, 0.1) is 29.6 Å². The van der Waals surface area contributed by atoms with E-state index in [0.717, 1.165) is 31.5 Å². The molecule has 1 aliphatic rings. The highest BCUT2D eigenvalue weighted by Gasteiger charge is 2.33. The number of hydrogen-bond donors (Lipinski definition) is 1. The average Bonchev–Trinajstić information content (AvgIpc) is 2.85. The molecule has 0 radical (unpaired) electrons. The highest BCUT2D eigenvalue weighted by molar-refractivity contribution is 7.91. The fourth-order valence-corrected chi connectivity index (χ4v) is 4.13. The molecule has 1 saturated carbocycles. The van der Waals surface area contributed by atoms with Gasteiger partial charge in [-0.25, -0.2) is 13.4 Å². The van der Waals surface area contributed by atoms with Crippen molar-refractivity contribution in [2.75, 3.05) is 6.26 Å². The first kappa shape index (κ1) is 14.5. The van der Waals surface area contributed by atoms with Gasteiger partial charge in [0.25, 0.3) is 0 Å². The Morgan fingerprint density at radius 1 is 1.53 bits per heavy atom. The van der Waals surface area contributed by atoms with Crippen LogP contribution < -0.4 is 0 Å². The topological polar surface area (TPSA) is 72.2 Å². The maximum atomic E-state index is 11.7. The van der Waals surface area contributed by atoms with E-state index in [1.165, 1.54) is 6.26 Å². The molecular weight excluding hydrogens is 264 g/mol. The molecule has 1 N–H and O–H groups in total. The minimum Gasteiger partial charge on any atom is -0.387 e. The minimum absolute atomic E-state index is 0.00970. The van der Waals surface area contributed by atoms with Crippen LogP contribution >= 0.6 is 0 Å². The number of sulfone groups is 1. The van der Waals surface area contributed by atoms with Crippen LogP contribution in [-0.4, -0.2) is 34.6 Å². The SMILES string of the molecule is CCn1cncc1C(O)C1CCCC(S(C)(=O)=O)C1. The lowest BCUT2D eigenvalue weighted by molar-refractivity contribution is 0.0788. The van der Waals surface area contributed by atoms with E-state index in [0.29, 0.717) is 6.42 Å². The predicted octanol–water partition coefficient (Wildman–Crippen LogP) is 1.54. The normalized spacial score (nSPS) is 26.3. The van der Waals surface area contributed by atoms with Crippen molar-refractivity contribution >= 4 is 9.84 Å². The van der Waals surface area contributed by atoms with Gasteiger partial charge in [-0.2, -0.15) is 0 Å². The Hall–Kier alpha value is -0.880. The van der Waals surface area contributed by atoms with Crippen LogP contribution in [0.4, 0.5) is 0 Å². The summed E-state index contributed by atoms with van der Waals surface area (Å²) in [5.74, 6) is 0.00970. The number of aryl methyl sites for hydroxylation is 1. The molecule has 0 amide bonds. The molecule has 0 bridgehead atoms. The first-order chi connectivity index (χ1) is 8.93. The fourth-order valence-electron chi connectivity index (χ4n) is 2.94. The molecule has 5 nitrogen and oxygen atoms in total. The summed E-state index contributed by atoms with van der Waals surface area (Å²) in [6, 6.07) is 0. The number of aliphatic hydroxyl groups is 1. The molecule has 1 aliphatic carbocycles. The van der Waals surface area contributed by atoms with Crippen molar-refractivity contribution in [1.29, 1.82) is 0 Å². The van der Waals surface area contributed by atoms with Crippen LogP contribution in [0, 0.1) is 5.92 Å². The zero-order valence-corrected chi connectivity index (χ0v) is 12.3. The largest absolute Gasteiger partial charge is 0.387 e. The van der Waals surface area contributed by atoms with Gasteiger partial charge in [0.1, 0.15) is 9.84 Å². The maximum absolute atomic E-state index is 11.7. The number of aromatic nitrogens is 2. The molecule has 0 aliphatic heterocycles. The Morgan fingerprint density at radius 3 is 2.89 bits per heavy atom. The monoisotopic (exact) mass is 286 g/mol. The maximum Gasteiger partial charge on any atom is 0.150 e. The van der Waals surface area contributed by atoms with E-state index in [-0.39, 0.29) is 11.2 Å². The second-order valence-corrected chi connectivity index (χ2v) is 7.75. The van der Waals surface area contributed by atoms with Crippen LogP contribution in [0.5, 0.6) is 0 Å². The molecule has 1 aromatic rings. The summed E-state index contributed by atoms with van der Waals surface area (Å²) in [5.41, 5.74) is 0.793. The van der Waals surface area contributed by atoms with Gasteiger partial charge >= 0.3 is 0 Å². The van der Waals surface area contributed by atoms with Crippen LogP contribution in [0.15, 0.2) is 12.5 Å². The molecule has 6 heteroatoms. The summed E-state index contributed by atoms with van der Waals surface area (Å²) in [5, 5.41) is 10.2. The van der Waals surface area contributed by atoms with Gasteiger partial charge < -0.3 is 9.67 Å². The molecule has 108 valence electrons. The van der Waals surface area contributed by atoms with E-state index >= 15 is 0 Å². The van der Waals surface area contributed by atoms with Crippen molar-refractivity contribution in [2.45, 2.75) is 50.5 Å². The summed E-state index contributed by atoms with van der Waals surface area (Å²) in [4.78, 5) is 4.06. The fraction of sp³-hybridized carbons (Fsp3) is 0.769. The van der Waals surface area contributed by atoms with Crippen LogP contribution in [0.3, 0.4) is 0 Å². The number of rotatable bonds is 4. The van der Waals surface area contributed by atoms with Gasteiger partial charge in [0.15, 0.2) is 0 Å². The van der Waals surface area contributed by atoms with Crippen LogP contribution in [0.25, 0.3) is 0 Å². The number of imidazole rings is 1. The van der Waals surface area contributed by atoms with Crippen molar-refractivity contribution < 1.29 is 13.5 Å². The summed E-state index contributed by atoms with van der Waals surface area (Å²) < 4.78 is 25.2. The van der Waals surface area contributed by atoms with E-state index in [9.17, 15) is 13.5 Å². The molecule has 1 fully saturated rings. The van der Waals surface area contributed by atoms with Crippen molar-refractivity contribution in [2.24, 2.45) is 5.92 Å². The van der Waals surface area contributed by atoms with Gasteiger partial charge in [-0.3, -0.25) is 0 Å². The number of hydrogen-bond acceptors (Lipinski definition) is 4. The average molecular weight is 286 g/mol. The van der Waals surface area contributed by atoms with Gasteiger partial charge in [0.2, 0.25) is 0 Å². The molecule has 3 atom stereocenters. The standard InChI is InChI=1S/C13H22N2O3S/c1-3-15-9-14-8-12(15)13(16)10-5-4-6-11(7-10)19(2,17)18/h8-11,13,16H,3-7H2,1-2H3. The minimum atomic E-state index is -3.01. The van der Waals surface area contributed by atoms with Gasteiger partial charge in [-0.05, 0) is 32.1 Å². The molecular formula is C13H22N2O3S. The van der Waals surface area contributed by atoms with E-state index in [1.807, 2.05) is 11.5 Å². The first-order valence-electron chi connectivity index (χ1n) is 6.80. The van der Waals surface area contributed by atoms with E-state index in [2.05, 4.69) is 4.98 Å². The lowest BCUT2D eigenvalue weighted by Gasteiger charge is -2.31. The van der Waals surface area contributed by atoms with E-state index < -0.39 is 15.9 Å². The molecule has 1 aromatic heterocycles. The molecule has 0 saturated heterocycles. The third-order valence-electron chi connectivity index (χ3n) is 4.11. The Labute approximate surface area is 114 Å². The van der Waals surface area contributed by atoms with Crippen LogP contribution in [0.1, 0.15) is 44.4 Å². The molecule has 1 heterocycles. The Balaban J connectivity index is 2.13. The predicted molar refractivity (Wildman–Crippen MR) is 73.5 cm³/mol. The van der Waals surface area contributed by atoms with Crippen molar-refractivity contribution in [3.63, 3.8) is 0 Å². The zero-order chi connectivity index (χ0) is 14.0. The lowest BCUT2D eigenvalue weighted by Crippen LogP contribution is -2.30. The first-order valence-corrected chi connectivity index (χ1v) is 8.76. The van der Waals surface area contributed by atoms with Crippen LogP contribution in [-0.2, 0) is 16.4 Å². The van der Waals surface area contributed by atoms with Crippen molar-refractivity contribution in [3.05, 3.63) is 18.2 Å². The van der Waals surface area contributed by atoms with E-state index in [4.69, 9.17) is 0 Å². The Morgan fingerprint density at radius 2 is 2.26 bits per heavy atom. The highest BCUT2D eigenvalue weighted by atomic mass is 32.2. The third-order valence-corrected chi connectivity index (χ3v) is 5.75. The molecule has 0 aromatic carbocycles. The van der Waals surface area contributed by atoms with Gasteiger partial charge in [-0.15, -0.1) is 0 Å². The van der Waals surface area contributed by atoms with Crippen molar-refractivity contribution in [3.8, 4) is 0 Å². The number of nitrogens with zero attached hydrogens (tertiary/aromatic N) is 2. The van der Waals surface area contributed by atoms with Gasteiger partial charge in [-0.1, -0.05) is 6.42 Å². The van der Waals surface area contributed by atoms with E-state index in [1.54, 1.807) is 12.5 Å². The highest BCUT2D eigenvalue weighted by Crippen LogP contribution is 2.36. The summed E-state index contributed by atoms with van der Waals surface area (Å²) >= 11 is 0. The third kappa shape index (κ3) is 3.17. The smallest absolute Gasteiger partial charge is 0.150 e. The molecule has 2 rings (SSSR count). The quantitative estimate of drug-likeness (QED) is 0.911. The molecule has 3 unspecified atom stereocenters. The lowest BCUT2D eigenvalue weighted by atomic mass is 9.84. The second kappa shape index (κ2) is 5.63. The summed E-state index contributed by atoms with van der Waals surface area (Å²) in [7, 11) is -3.01.